The van der Waals surface area contributed by atoms with Crippen molar-refractivity contribution in [1.82, 2.24) is 0 Å². The summed E-state index contributed by atoms with van der Waals surface area (Å²) in [6.45, 7) is 5.38. The molecule has 0 atom stereocenters. The maximum absolute atomic E-state index is 11.6. The largest absolute Gasteiger partial charge is 0.469 e. The Morgan fingerprint density at radius 2 is 1.95 bits per heavy atom. The van der Waals surface area contributed by atoms with Gasteiger partial charge in [0, 0.05) is 10.2 Å². The van der Waals surface area contributed by atoms with Crippen LogP contribution >= 0.6 is 15.9 Å². The summed E-state index contributed by atoms with van der Waals surface area (Å²) in [5, 5.41) is 2.63. The minimum Gasteiger partial charge on any atom is -0.469 e. The van der Waals surface area contributed by atoms with Crippen molar-refractivity contribution in [1.29, 1.82) is 0 Å². The van der Waals surface area contributed by atoms with E-state index in [1.807, 2.05) is 0 Å². The first-order valence-corrected chi connectivity index (χ1v) is 6.86. The van der Waals surface area contributed by atoms with E-state index in [2.05, 4.69) is 26.0 Å². The lowest BCUT2D eigenvalue weighted by Crippen LogP contribution is -2.27. The Balaban J connectivity index is 2.72. The van der Waals surface area contributed by atoms with Crippen molar-refractivity contribution in [2.45, 2.75) is 32.8 Å². The van der Waals surface area contributed by atoms with Gasteiger partial charge in [-0.3, -0.25) is 10.1 Å². The van der Waals surface area contributed by atoms with Crippen LogP contribution in [0, 0.1) is 0 Å². The zero-order chi connectivity index (χ0) is 15.3. The number of esters is 1. The number of carbonyl (C=O) groups is 2. The second-order valence-corrected chi connectivity index (χ2v) is 6.04. The summed E-state index contributed by atoms with van der Waals surface area (Å²) in [5.74, 6) is -0.321. The van der Waals surface area contributed by atoms with Gasteiger partial charge in [0.25, 0.3) is 0 Å². The van der Waals surface area contributed by atoms with Crippen LogP contribution in [-0.2, 0) is 20.7 Å². The van der Waals surface area contributed by atoms with E-state index < -0.39 is 11.7 Å². The van der Waals surface area contributed by atoms with Gasteiger partial charge in [0.1, 0.15) is 5.60 Å². The third-order valence-corrected chi connectivity index (χ3v) is 3.00. The molecule has 0 spiro atoms. The highest BCUT2D eigenvalue weighted by Crippen LogP contribution is 2.23. The zero-order valence-corrected chi connectivity index (χ0v) is 13.5. The average molecular weight is 344 g/mol. The van der Waals surface area contributed by atoms with Crippen molar-refractivity contribution in [3.63, 3.8) is 0 Å². The number of hydrogen-bond donors (Lipinski definition) is 1. The number of benzene rings is 1. The molecule has 0 aliphatic rings. The molecule has 1 aromatic carbocycles. The van der Waals surface area contributed by atoms with E-state index >= 15 is 0 Å². The summed E-state index contributed by atoms with van der Waals surface area (Å²) in [4.78, 5) is 22.8. The second-order valence-electron chi connectivity index (χ2n) is 5.19. The quantitative estimate of drug-likeness (QED) is 0.853. The van der Waals surface area contributed by atoms with Crippen molar-refractivity contribution < 1.29 is 19.1 Å². The van der Waals surface area contributed by atoms with E-state index in [0.29, 0.717) is 5.69 Å². The first kappa shape index (κ1) is 16.5. The number of amides is 1. The summed E-state index contributed by atoms with van der Waals surface area (Å²) >= 11 is 3.36. The van der Waals surface area contributed by atoms with Crippen LogP contribution in [0.4, 0.5) is 10.5 Å². The van der Waals surface area contributed by atoms with Crippen molar-refractivity contribution in [2.24, 2.45) is 0 Å². The molecule has 0 fully saturated rings. The molecule has 110 valence electrons. The van der Waals surface area contributed by atoms with E-state index in [-0.39, 0.29) is 12.4 Å². The first-order valence-electron chi connectivity index (χ1n) is 6.06. The van der Waals surface area contributed by atoms with Gasteiger partial charge in [-0.1, -0.05) is 22.0 Å². The molecule has 1 N–H and O–H groups in total. The Hall–Kier alpha value is -1.56. The van der Waals surface area contributed by atoms with E-state index in [9.17, 15) is 9.59 Å². The lowest BCUT2D eigenvalue weighted by molar-refractivity contribution is -0.139. The molecule has 6 heteroatoms. The van der Waals surface area contributed by atoms with Crippen molar-refractivity contribution in [3.8, 4) is 0 Å². The van der Waals surface area contributed by atoms with Crippen molar-refractivity contribution in [2.75, 3.05) is 12.4 Å². The molecular weight excluding hydrogens is 326 g/mol. The van der Waals surface area contributed by atoms with E-state index in [4.69, 9.17) is 4.74 Å². The summed E-state index contributed by atoms with van der Waals surface area (Å²) in [7, 11) is 1.34. The smallest absolute Gasteiger partial charge is 0.412 e. The summed E-state index contributed by atoms with van der Waals surface area (Å²) < 4.78 is 10.5. The molecule has 5 nitrogen and oxygen atoms in total. The summed E-state index contributed by atoms with van der Waals surface area (Å²) in [5.41, 5.74) is 0.818. The third kappa shape index (κ3) is 5.61. The minimum atomic E-state index is -0.549. The van der Waals surface area contributed by atoms with E-state index in [1.165, 1.54) is 7.11 Å². The number of methoxy groups -OCH3 is 1. The maximum Gasteiger partial charge on any atom is 0.412 e. The van der Waals surface area contributed by atoms with Crippen LogP contribution in [0.25, 0.3) is 0 Å². The molecule has 0 unspecified atom stereocenters. The average Bonchev–Trinajstić information content (AvgIpc) is 2.29. The van der Waals surface area contributed by atoms with Crippen LogP contribution in [0.1, 0.15) is 26.3 Å². The Labute approximate surface area is 126 Å². The predicted molar refractivity (Wildman–Crippen MR) is 79.7 cm³/mol. The number of rotatable bonds is 3. The molecule has 1 aromatic rings. The van der Waals surface area contributed by atoms with E-state index in [1.54, 1.807) is 39.0 Å². The van der Waals surface area contributed by atoms with E-state index in [0.717, 1.165) is 10.0 Å². The molecule has 0 radical (unpaired) electrons. The van der Waals surface area contributed by atoms with Crippen LogP contribution in [0.2, 0.25) is 0 Å². The van der Waals surface area contributed by atoms with Gasteiger partial charge in [-0.2, -0.15) is 0 Å². The molecule has 0 saturated carbocycles. The number of nitrogens with one attached hydrogen (secondary N) is 1. The second kappa shape index (κ2) is 6.74. The highest BCUT2D eigenvalue weighted by molar-refractivity contribution is 9.10. The molecule has 1 amide bonds. The molecule has 0 heterocycles. The number of halogens is 1. The first-order chi connectivity index (χ1) is 9.21. The highest BCUT2D eigenvalue weighted by Gasteiger charge is 2.16. The fraction of sp³-hybridized carbons (Fsp3) is 0.429. The fourth-order valence-electron chi connectivity index (χ4n) is 1.42. The van der Waals surface area contributed by atoms with Crippen molar-refractivity contribution in [3.05, 3.63) is 28.2 Å². The monoisotopic (exact) mass is 343 g/mol. The highest BCUT2D eigenvalue weighted by atomic mass is 79.9. The normalized spacial score (nSPS) is 10.8. The molecule has 20 heavy (non-hydrogen) atoms. The maximum atomic E-state index is 11.6. The number of carbonyl (C=O) groups excluding carboxylic acids is 2. The van der Waals surface area contributed by atoms with Gasteiger partial charge in [0.15, 0.2) is 0 Å². The van der Waals surface area contributed by atoms with Gasteiger partial charge < -0.3 is 9.47 Å². The standard InChI is InChI=1S/C14H18BrNO4/c1-14(2,3)20-13(18)16-10-6-5-9(11(15)8-10)7-12(17)19-4/h5-6,8H,7H2,1-4H3,(H,16,18). The van der Waals surface area contributed by atoms with Crippen LogP contribution < -0.4 is 5.32 Å². The minimum absolute atomic E-state index is 0.170. The van der Waals surface area contributed by atoms with Gasteiger partial charge in [-0.05, 0) is 38.5 Å². The molecule has 0 saturated heterocycles. The topological polar surface area (TPSA) is 64.6 Å². The van der Waals surface area contributed by atoms with Crippen LogP contribution in [-0.4, -0.2) is 24.8 Å². The Bertz CT molecular complexity index is 508. The molecule has 0 aromatic heterocycles. The van der Waals surface area contributed by atoms with Gasteiger partial charge in [-0.15, -0.1) is 0 Å². The van der Waals surface area contributed by atoms with Crippen LogP contribution in [0.15, 0.2) is 22.7 Å². The van der Waals surface area contributed by atoms with Crippen LogP contribution in [0.3, 0.4) is 0 Å². The van der Waals surface area contributed by atoms with Gasteiger partial charge >= 0.3 is 12.1 Å². The fourth-order valence-corrected chi connectivity index (χ4v) is 1.94. The molecule has 0 aliphatic carbocycles. The lowest BCUT2D eigenvalue weighted by Gasteiger charge is -2.19. The summed E-state index contributed by atoms with van der Waals surface area (Å²) in [6.07, 6.45) is -0.353. The molecule has 0 bridgehead atoms. The Morgan fingerprint density at radius 3 is 2.45 bits per heavy atom. The Kier molecular flexibility index (Phi) is 5.56. The number of ether oxygens (including phenoxy) is 2. The predicted octanol–water partition coefficient (Wildman–Crippen LogP) is 3.51. The third-order valence-electron chi connectivity index (χ3n) is 2.26. The summed E-state index contributed by atoms with van der Waals surface area (Å²) in [6, 6.07) is 5.16. The van der Waals surface area contributed by atoms with Gasteiger partial charge in [0.2, 0.25) is 0 Å². The van der Waals surface area contributed by atoms with Gasteiger partial charge in [0.05, 0.1) is 13.5 Å². The number of hydrogen-bond acceptors (Lipinski definition) is 4. The molecular formula is C14H18BrNO4. The Morgan fingerprint density at radius 1 is 1.30 bits per heavy atom. The van der Waals surface area contributed by atoms with Crippen molar-refractivity contribution >= 4 is 33.7 Å². The molecule has 0 aliphatic heterocycles. The van der Waals surface area contributed by atoms with Crippen LogP contribution in [0.5, 0.6) is 0 Å². The molecule has 1 rings (SSSR count). The lowest BCUT2D eigenvalue weighted by atomic mass is 10.1. The SMILES string of the molecule is COC(=O)Cc1ccc(NC(=O)OC(C)(C)C)cc1Br. The van der Waals surface area contributed by atoms with Gasteiger partial charge in [-0.25, -0.2) is 4.79 Å². The zero-order valence-electron chi connectivity index (χ0n) is 12.0. The number of anilines is 1.